The zero-order valence-corrected chi connectivity index (χ0v) is 20.8. The first kappa shape index (κ1) is 25.8. The maximum Gasteiger partial charge on any atom is 0.255 e. The second kappa shape index (κ2) is 12.1. The Morgan fingerprint density at radius 2 is 1.77 bits per heavy atom. The molecule has 0 saturated carbocycles. The summed E-state index contributed by atoms with van der Waals surface area (Å²) in [6.07, 6.45) is 4.33. The molecular formula is C27H33N3O5. The van der Waals surface area contributed by atoms with Crippen molar-refractivity contribution in [1.82, 2.24) is 14.9 Å². The van der Waals surface area contributed by atoms with Gasteiger partial charge in [0.15, 0.2) is 0 Å². The molecule has 0 atom stereocenters. The lowest BCUT2D eigenvalue weighted by molar-refractivity contribution is -0.129. The molecule has 2 N–H and O–H groups in total. The first-order valence-electron chi connectivity index (χ1n) is 11.7. The third kappa shape index (κ3) is 6.01. The van der Waals surface area contributed by atoms with Gasteiger partial charge in [-0.3, -0.25) is 14.6 Å². The number of rotatable bonds is 11. The van der Waals surface area contributed by atoms with E-state index in [1.807, 2.05) is 18.2 Å². The van der Waals surface area contributed by atoms with Gasteiger partial charge in [0.05, 0.1) is 37.3 Å². The van der Waals surface area contributed by atoms with Crippen LogP contribution in [0.15, 0.2) is 47.4 Å². The average molecular weight is 480 g/mol. The molecule has 3 rings (SSSR count). The molecule has 1 amide bonds. The number of benzene rings is 1. The van der Waals surface area contributed by atoms with Crippen LogP contribution < -0.4 is 15.0 Å². The van der Waals surface area contributed by atoms with Crippen LogP contribution in [0.25, 0.3) is 11.1 Å². The van der Waals surface area contributed by atoms with Crippen LogP contribution >= 0.6 is 0 Å². The molecule has 0 radical (unpaired) electrons. The lowest BCUT2D eigenvalue weighted by Crippen LogP contribution is -2.32. The number of ether oxygens (including phenoxy) is 2. The van der Waals surface area contributed by atoms with Gasteiger partial charge >= 0.3 is 0 Å². The first-order chi connectivity index (χ1) is 16.9. The van der Waals surface area contributed by atoms with Crippen LogP contribution in [0.4, 0.5) is 0 Å². The molecule has 2 heterocycles. The summed E-state index contributed by atoms with van der Waals surface area (Å²) in [5.74, 6) is 0.485. The Bertz CT molecular complexity index is 1190. The lowest BCUT2D eigenvalue weighted by atomic mass is 9.95. The molecular weight excluding hydrogens is 446 g/mol. The third-order valence-electron chi connectivity index (χ3n) is 6.00. The molecule has 0 bridgehead atoms. The van der Waals surface area contributed by atoms with Crippen molar-refractivity contribution >= 4 is 5.91 Å². The van der Waals surface area contributed by atoms with Crippen molar-refractivity contribution in [2.45, 2.75) is 39.0 Å². The summed E-state index contributed by atoms with van der Waals surface area (Å²) in [4.78, 5) is 34.7. The number of unbranched alkanes of at least 4 members (excludes halogenated alkanes) is 1. The molecule has 0 aliphatic rings. The summed E-state index contributed by atoms with van der Waals surface area (Å²) < 4.78 is 11.1. The minimum atomic E-state index is -0.474. The molecule has 0 spiro atoms. The van der Waals surface area contributed by atoms with Gasteiger partial charge in [0.2, 0.25) is 5.91 Å². The summed E-state index contributed by atoms with van der Waals surface area (Å²) >= 11 is 0. The van der Waals surface area contributed by atoms with Crippen molar-refractivity contribution in [3.8, 4) is 28.4 Å². The van der Waals surface area contributed by atoms with Crippen LogP contribution in [0.2, 0.25) is 0 Å². The molecule has 35 heavy (non-hydrogen) atoms. The molecule has 0 unspecified atom stereocenters. The van der Waals surface area contributed by atoms with Crippen LogP contribution in [-0.4, -0.2) is 53.7 Å². The number of amides is 1. The van der Waals surface area contributed by atoms with Gasteiger partial charge in [0.1, 0.15) is 17.2 Å². The molecule has 0 aliphatic heterocycles. The maximum absolute atomic E-state index is 13.0. The first-order valence-corrected chi connectivity index (χ1v) is 11.7. The number of likely N-dealkylation sites (N-methyl/N-ethyl adjacent to an activating group) is 1. The predicted octanol–water partition coefficient (Wildman–Crippen LogP) is 3.75. The van der Waals surface area contributed by atoms with Gasteiger partial charge in [-0.2, -0.15) is 0 Å². The van der Waals surface area contributed by atoms with E-state index in [2.05, 4.69) is 16.9 Å². The van der Waals surface area contributed by atoms with Crippen molar-refractivity contribution in [1.29, 1.82) is 0 Å². The maximum atomic E-state index is 13.0. The summed E-state index contributed by atoms with van der Waals surface area (Å²) in [6, 6.07) is 11.0. The fraction of sp³-hybridized carbons (Fsp3) is 0.370. The minimum absolute atomic E-state index is 0.0166. The van der Waals surface area contributed by atoms with E-state index in [4.69, 9.17) is 9.47 Å². The van der Waals surface area contributed by atoms with E-state index in [0.29, 0.717) is 47.7 Å². The summed E-state index contributed by atoms with van der Waals surface area (Å²) in [7, 11) is 4.75. The number of carbonyl (C=O) groups is 1. The van der Waals surface area contributed by atoms with Crippen LogP contribution in [0.3, 0.4) is 0 Å². The van der Waals surface area contributed by atoms with Crippen molar-refractivity contribution < 1.29 is 19.4 Å². The molecule has 0 fully saturated rings. The number of aryl methyl sites for hydroxylation is 1. The zero-order valence-electron chi connectivity index (χ0n) is 20.8. The molecule has 0 aliphatic carbocycles. The number of H-pyrrole nitrogens is 1. The smallest absolute Gasteiger partial charge is 0.255 e. The fourth-order valence-electron chi connectivity index (χ4n) is 3.99. The van der Waals surface area contributed by atoms with Crippen molar-refractivity contribution in [2.24, 2.45) is 0 Å². The topological polar surface area (TPSA) is 105 Å². The van der Waals surface area contributed by atoms with Gasteiger partial charge in [-0.15, -0.1) is 0 Å². The highest BCUT2D eigenvalue weighted by Gasteiger charge is 2.25. The zero-order chi connectivity index (χ0) is 25.4. The van der Waals surface area contributed by atoms with Crippen molar-refractivity contribution in [3.05, 3.63) is 69.9 Å². The number of methoxy groups -OCH3 is 2. The number of hydrogen-bond acceptors (Lipinski definition) is 6. The quantitative estimate of drug-likeness (QED) is 0.434. The highest BCUT2D eigenvalue weighted by atomic mass is 16.5. The number of aromatic nitrogens is 2. The van der Waals surface area contributed by atoms with Crippen molar-refractivity contribution in [2.75, 3.05) is 27.8 Å². The van der Waals surface area contributed by atoms with E-state index in [0.717, 1.165) is 18.5 Å². The second-order valence-corrected chi connectivity index (χ2v) is 8.34. The van der Waals surface area contributed by atoms with Gasteiger partial charge < -0.3 is 24.5 Å². The van der Waals surface area contributed by atoms with E-state index in [9.17, 15) is 14.7 Å². The Kier molecular flexibility index (Phi) is 8.89. The third-order valence-corrected chi connectivity index (χ3v) is 6.00. The molecule has 2 aromatic heterocycles. The fourth-order valence-corrected chi connectivity index (χ4v) is 3.99. The largest absolute Gasteiger partial charge is 0.507 e. The monoisotopic (exact) mass is 479 g/mol. The predicted molar refractivity (Wildman–Crippen MR) is 135 cm³/mol. The average Bonchev–Trinajstić information content (AvgIpc) is 2.88. The van der Waals surface area contributed by atoms with E-state index >= 15 is 0 Å². The molecule has 8 heteroatoms. The molecule has 186 valence electrons. The van der Waals surface area contributed by atoms with E-state index < -0.39 is 5.56 Å². The SMILES string of the molecule is CCCCc1[nH]c(=O)c(CC(=O)N(C)CCc2ccccn2)c(O)c1-c1c(OC)cccc1OC. The van der Waals surface area contributed by atoms with Crippen LogP contribution in [0.5, 0.6) is 17.2 Å². The highest BCUT2D eigenvalue weighted by Crippen LogP contribution is 2.44. The minimum Gasteiger partial charge on any atom is -0.507 e. The Morgan fingerprint density at radius 1 is 1.06 bits per heavy atom. The molecule has 1 aromatic carbocycles. The van der Waals surface area contributed by atoms with E-state index in [1.165, 1.54) is 14.2 Å². The van der Waals surface area contributed by atoms with Gasteiger partial charge in [0.25, 0.3) is 5.56 Å². The van der Waals surface area contributed by atoms with Gasteiger partial charge in [-0.25, -0.2) is 0 Å². The number of nitrogens with zero attached hydrogens (tertiary/aromatic N) is 2. The Labute approximate surface area is 205 Å². The Hall–Kier alpha value is -3.81. The van der Waals surface area contributed by atoms with E-state index in [-0.39, 0.29) is 23.6 Å². The number of aromatic hydroxyl groups is 1. The summed E-state index contributed by atoms with van der Waals surface area (Å²) in [5, 5.41) is 11.4. The number of carbonyl (C=O) groups excluding carboxylic acids is 1. The Balaban J connectivity index is 1.99. The van der Waals surface area contributed by atoms with Crippen LogP contribution in [0.1, 0.15) is 36.7 Å². The number of aromatic amines is 1. The molecule has 8 nitrogen and oxygen atoms in total. The van der Waals surface area contributed by atoms with Crippen LogP contribution in [-0.2, 0) is 24.1 Å². The number of pyridine rings is 2. The molecule has 3 aromatic rings. The highest BCUT2D eigenvalue weighted by molar-refractivity contribution is 5.86. The molecule has 0 saturated heterocycles. The second-order valence-electron chi connectivity index (χ2n) is 8.34. The Morgan fingerprint density at radius 3 is 2.37 bits per heavy atom. The summed E-state index contributed by atoms with van der Waals surface area (Å²) in [5.41, 5.74) is 1.96. The van der Waals surface area contributed by atoms with E-state index in [1.54, 1.807) is 36.3 Å². The van der Waals surface area contributed by atoms with Crippen LogP contribution in [0, 0.1) is 0 Å². The van der Waals surface area contributed by atoms with Gasteiger partial charge in [0, 0.05) is 37.6 Å². The summed E-state index contributed by atoms with van der Waals surface area (Å²) in [6.45, 7) is 2.49. The number of hydrogen-bond donors (Lipinski definition) is 2. The normalized spacial score (nSPS) is 10.7. The standard InChI is InChI=1S/C27H33N3O5/c1-5-6-11-20-24(25-21(34-3)12-9-13-22(25)35-4)26(32)19(27(33)29-20)17-23(31)30(2)16-14-18-10-7-8-15-28-18/h7-10,12-13,15H,5-6,11,14,16-17H2,1-4H3,(H2,29,32,33). The van der Waals surface area contributed by atoms with Gasteiger partial charge in [-0.05, 0) is 37.1 Å². The number of nitrogens with one attached hydrogen (secondary N) is 1. The lowest BCUT2D eigenvalue weighted by Gasteiger charge is -2.20. The van der Waals surface area contributed by atoms with Crippen molar-refractivity contribution in [3.63, 3.8) is 0 Å². The van der Waals surface area contributed by atoms with Gasteiger partial charge in [-0.1, -0.05) is 25.5 Å².